The first kappa shape index (κ1) is 49.9. The maximum Gasteiger partial charge on any atom is 0.295 e. The average molecular weight is 1010 g/mol. The zero-order chi connectivity index (χ0) is 47.0. The maximum absolute atomic E-state index is 12.8. The SMILES string of the molecule is Nc1cccc2c(C(=O)C(=O)N3CCN(C(=O)c4ccccc4)CC3)c[nH]c12.O=C(C(=O)N1CCN(C(=O)c2ccccc2)CC1)c1c[nH]c2c([N+](=O)[O-])cccc12.S=S=S.S=S=S=S. The lowest BCUT2D eigenvalue weighted by molar-refractivity contribution is -0.383. The molecule has 8 rings (SSSR count). The number of nitrogens with two attached hydrogens (primary N) is 1. The number of H-pyrrole nitrogens is 2. The van der Waals surface area contributed by atoms with E-state index < -0.39 is 28.3 Å². The fraction of sp³-hybridized carbons (Fsp3) is 0.190. The van der Waals surface area contributed by atoms with Gasteiger partial charge in [0.25, 0.3) is 40.9 Å². The van der Waals surface area contributed by atoms with Gasteiger partial charge in [-0.15, -0.1) is 0 Å². The second-order valence-corrected chi connectivity index (χ2v) is 19.2. The van der Waals surface area contributed by atoms with Gasteiger partial charge in [0.05, 0.1) is 27.3 Å². The molecule has 4 aromatic carbocycles. The van der Waals surface area contributed by atoms with Crippen LogP contribution in [-0.4, -0.2) is 122 Å². The molecule has 6 aromatic rings. The molecule has 0 aliphatic carbocycles. The molecule has 2 aromatic heterocycles. The van der Waals surface area contributed by atoms with Crippen LogP contribution in [0.25, 0.3) is 21.8 Å². The molecular weight excluding hydrogens is 969 g/mol. The highest BCUT2D eigenvalue weighted by atomic mass is 33.2. The molecule has 2 aliphatic heterocycles. The van der Waals surface area contributed by atoms with Crippen LogP contribution in [0.5, 0.6) is 0 Å². The van der Waals surface area contributed by atoms with Gasteiger partial charge in [0.2, 0.25) is 0 Å². The van der Waals surface area contributed by atoms with E-state index >= 15 is 0 Å². The summed E-state index contributed by atoms with van der Waals surface area (Å²) in [5, 5.41) is 12.1. The fourth-order valence-corrected chi connectivity index (χ4v) is 7.11. The summed E-state index contributed by atoms with van der Waals surface area (Å²) < 4.78 is 0. The van der Waals surface area contributed by atoms with Gasteiger partial charge in [-0.1, -0.05) is 60.7 Å². The molecule has 4 heterocycles. The van der Waals surface area contributed by atoms with Crippen molar-refractivity contribution in [1.29, 1.82) is 0 Å². The summed E-state index contributed by atoms with van der Waals surface area (Å²) >= 11 is 16.9. The molecular formula is C42H38N8O8S7. The van der Waals surface area contributed by atoms with Crippen LogP contribution in [0.15, 0.2) is 109 Å². The highest BCUT2D eigenvalue weighted by Gasteiger charge is 2.32. The summed E-state index contributed by atoms with van der Waals surface area (Å²) in [7, 11) is 3.26. The zero-order valence-corrected chi connectivity index (χ0v) is 39.7. The second-order valence-electron chi connectivity index (χ2n) is 13.9. The Hall–Kier alpha value is -6.08. The summed E-state index contributed by atoms with van der Waals surface area (Å²) in [5.74, 6) is -2.72. The Morgan fingerprint density at radius 1 is 0.538 bits per heavy atom. The number of ketones is 2. The normalized spacial score (nSPS) is 13.1. The number of nitro benzene ring substituents is 1. The van der Waals surface area contributed by atoms with Crippen LogP contribution >= 0.6 is 0 Å². The Balaban J connectivity index is 0.000000214. The third-order valence-corrected chi connectivity index (χ3v) is 12.5. The van der Waals surface area contributed by atoms with Crippen LogP contribution in [0.1, 0.15) is 41.4 Å². The summed E-state index contributed by atoms with van der Waals surface area (Å²) in [5.41, 5.74) is 8.74. The van der Waals surface area contributed by atoms with Crippen molar-refractivity contribution in [3.8, 4) is 0 Å². The molecule has 2 saturated heterocycles. The average Bonchev–Trinajstić information content (AvgIpc) is 4.00. The van der Waals surface area contributed by atoms with Gasteiger partial charge >= 0.3 is 0 Å². The van der Waals surface area contributed by atoms with Crippen molar-refractivity contribution in [3.05, 3.63) is 142 Å². The van der Waals surface area contributed by atoms with Gasteiger partial charge in [0, 0.05) is 164 Å². The van der Waals surface area contributed by atoms with Crippen molar-refractivity contribution < 1.29 is 33.7 Å². The number of amides is 4. The zero-order valence-electron chi connectivity index (χ0n) is 34.0. The topological polar surface area (TPSA) is 216 Å². The number of hydrogen-bond donors (Lipinski definition) is 3. The van der Waals surface area contributed by atoms with E-state index in [1.165, 1.54) is 52.1 Å². The van der Waals surface area contributed by atoms with Crippen molar-refractivity contribution in [2.45, 2.75) is 0 Å². The minimum Gasteiger partial charge on any atom is -0.397 e. The molecule has 65 heavy (non-hydrogen) atoms. The lowest BCUT2D eigenvalue weighted by Gasteiger charge is -2.34. The van der Waals surface area contributed by atoms with E-state index in [9.17, 15) is 38.9 Å². The molecule has 4 N–H and O–H groups in total. The van der Waals surface area contributed by atoms with Gasteiger partial charge < -0.3 is 35.3 Å². The Kier molecular flexibility index (Phi) is 18.6. The first-order valence-electron chi connectivity index (χ1n) is 19.3. The van der Waals surface area contributed by atoms with Crippen molar-refractivity contribution in [2.24, 2.45) is 0 Å². The number of piperazine rings is 2. The quantitative estimate of drug-likeness (QED) is 0.0675. The number of hydrogen-bond acceptors (Lipinski definition) is 13. The monoisotopic (exact) mass is 1010 g/mol. The molecule has 0 spiro atoms. The summed E-state index contributed by atoms with van der Waals surface area (Å²) in [6, 6.07) is 27.5. The van der Waals surface area contributed by atoms with E-state index in [1.54, 1.807) is 70.5 Å². The minimum absolute atomic E-state index is 0.0638. The largest absolute Gasteiger partial charge is 0.397 e. The smallest absolute Gasteiger partial charge is 0.295 e. The number of anilines is 1. The number of fused-ring (bicyclic) bond motifs is 2. The summed E-state index contributed by atoms with van der Waals surface area (Å²) in [6.07, 6.45) is 2.85. The Bertz CT molecular complexity index is 2850. The molecule has 336 valence electrons. The van der Waals surface area contributed by atoms with E-state index in [-0.39, 0.29) is 41.7 Å². The van der Waals surface area contributed by atoms with E-state index in [0.29, 0.717) is 77.9 Å². The van der Waals surface area contributed by atoms with E-state index in [2.05, 4.69) is 54.7 Å². The molecule has 0 saturated carbocycles. The van der Waals surface area contributed by atoms with Crippen molar-refractivity contribution >= 4 is 140 Å². The van der Waals surface area contributed by atoms with Crippen LogP contribution in [-0.2, 0) is 81.0 Å². The number of carbonyl (C=O) groups is 6. The molecule has 2 aliphatic rings. The van der Waals surface area contributed by atoms with E-state index in [4.69, 9.17) is 5.73 Å². The van der Waals surface area contributed by atoms with Gasteiger partial charge in [-0.25, -0.2) is 0 Å². The van der Waals surface area contributed by atoms with Crippen LogP contribution in [0.3, 0.4) is 0 Å². The number of aromatic amines is 2. The number of nitrogen functional groups attached to an aromatic ring is 1. The molecule has 23 heteroatoms. The van der Waals surface area contributed by atoms with Gasteiger partial charge in [-0.05, 0) is 30.3 Å². The molecule has 0 bridgehead atoms. The number of rotatable bonds is 7. The maximum atomic E-state index is 12.8. The molecule has 0 radical (unpaired) electrons. The third-order valence-electron chi connectivity index (χ3n) is 10.3. The van der Waals surface area contributed by atoms with Crippen LogP contribution in [0, 0.1) is 10.1 Å². The lowest BCUT2D eigenvalue weighted by Crippen LogP contribution is -2.52. The Morgan fingerprint density at radius 3 is 1.31 bits per heavy atom. The number of nitrogens with one attached hydrogen (secondary N) is 2. The first-order chi connectivity index (χ1) is 31.4. The van der Waals surface area contributed by atoms with Gasteiger partial charge in [0.15, 0.2) is 0 Å². The van der Waals surface area contributed by atoms with Crippen molar-refractivity contribution in [3.63, 3.8) is 0 Å². The number of aromatic nitrogens is 2. The highest BCUT2D eigenvalue weighted by molar-refractivity contribution is 8.51. The first-order valence-corrected chi connectivity index (χ1v) is 26.0. The predicted octanol–water partition coefficient (Wildman–Crippen LogP) is 4.14. The minimum atomic E-state index is -0.732. The standard InChI is InChI=1S/C21H18N4O5.C21H20N4O3.S4.S3/c26-19(16-13-22-18-15(16)7-4-8-17(18)25(29)30)21(28)24-11-9-23(10-12-24)20(27)14-5-2-1-3-6-14;22-17-8-4-7-15-16(13-23-18(15)17)19(26)21(28)25-11-9-24(10-12-25)20(27)14-5-2-1-3-6-14;1-3-4-2;1-3-2/h1-8,13,22H,9-12H2;1-8,13,23H,9-12,22H2;;. The molecule has 4 amide bonds. The van der Waals surface area contributed by atoms with E-state index in [0.717, 1.165) is 8.88 Å². The second kappa shape index (κ2) is 24.3. The fourth-order valence-electron chi connectivity index (χ4n) is 7.11. The highest BCUT2D eigenvalue weighted by Crippen LogP contribution is 2.28. The van der Waals surface area contributed by atoms with Gasteiger partial charge in [-0.2, -0.15) is 0 Å². The van der Waals surface area contributed by atoms with Crippen LogP contribution in [0.4, 0.5) is 11.4 Å². The summed E-state index contributed by atoms with van der Waals surface area (Å²) in [4.78, 5) is 98.6. The Morgan fingerprint density at radius 2 is 0.908 bits per heavy atom. The van der Waals surface area contributed by atoms with Crippen LogP contribution in [0.2, 0.25) is 0 Å². The number of benzene rings is 4. The Labute approximate surface area is 400 Å². The van der Waals surface area contributed by atoms with E-state index in [1.807, 2.05) is 24.3 Å². The number of Topliss-reactive ketones (excluding diaryl/α,β-unsaturated/α-hetero) is 2. The number of nitro groups is 1. The van der Waals surface area contributed by atoms with Crippen LogP contribution < -0.4 is 5.73 Å². The summed E-state index contributed by atoms with van der Waals surface area (Å²) in [6.45, 7) is 2.58. The number of nitrogens with zero attached hydrogens (tertiary/aromatic N) is 5. The van der Waals surface area contributed by atoms with Crippen molar-refractivity contribution in [1.82, 2.24) is 29.6 Å². The van der Waals surface area contributed by atoms with Gasteiger partial charge in [0.1, 0.15) is 5.52 Å². The number of carbonyl (C=O) groups excluding carboxylic acids is 6. The molecule has 16 nitrogen and oxygen atoms in total. The lowest BCUT2D eigenvalue weighted by atomic mass is 10.1. The molecule has 0 unspecified atom stereocenters. The number of para-hydroxylation sites is 2. The third kappa shape index (κ3) is 12.4. The number of non-ortho nitro benzene ring substituents is 1. The predicted molar refractivity (Wildman–Crippen MR) is 266 cm³/mol. The van der Waals surface area contributed by atoms with Gasteiger partial charge in [-0.3, -0.25) is 38.9 Å². The molecule has 2 fully saturated rings. The van der Waals surface area contributed by atoms with Crippen molar-refractivity contribution in [2.75, 3.05) is 58.1 Å². The molecule has 0 atom stereocenters.